The molecule has 5 rings (SSSR count). The second-order valence-corrected chi connectivity index (χ2v) is 12.5. The number of fused-ring (bicyclic) bond motifs is 1. The fourth-order valence-corrected chi connectivity index (χ4v) is 6.53. The SMILES string of the molecule is Cc1ccc(Oc2ccnc3cc(-c4ccc(CN5CCCC(C(=O)CC(C)C(C)CCO)C5)cn4)sc23)c(F)c1. The minimum absolute atomic E-state index is 0.0793. The number of aliphatic hydroxyl groups excluding tert-OH is 1. The maximum Gasteiger partial charge on any atom is 0.165 e. The number of halogens is 1. The van der Waals surface area contributed by atoms with Gasteiger partial charge in [0.1, 0.15) is 11.5 Å². The van der Waals surface area contributed by atoms with Crippen molar-refractivity contribution in [3.63, 3.8) is 0 Å². The molecule has 1 aromatic carbocycles. The van der Waals surface area contributed by atoms with Crippen LogP contribution >= 0.6 is 11.3 Å². The molecule has 216 valence electrons. The first-order chi connectivity index (χ1) is 19.8. The molecule has 3 atom stereocenters. The van der Waals surface area contributed by atoms with E-state index in [1.54, 1.807) is 18.3 Å². The van der Waals surface area contributed by atoms with Crippen molar-refractivity contribution in [3.8, 4) is 22.1 Å². The highest BCUT2D eigenvalue weighted by molar-refractivity contribution is 7.22. The molecule has 0 bridgehead atoms. The van der Waals surface area contributed by atoms with Crippen LogP contribution in [-0.2, 0) is 11.3 Å². The maximum atomic E-state index is 14.4. The van der Waals surface area contributed by atoms with Crippen molar-refractivity contribution in [2.24, 2.45) is 17.8 Å². The number of aryl methyl sites for hydroxylation is 1. The lowest BCUT2D eigenvalue weighted by atomic mass is 9.83. The van der Waals surface area contributed by atoms with Gasteiger partial charge < -0.3 is 9.84 Å². The number of ketones is 1. The second kappa shape index (κ2) is 13.2. The van der Waals surface area contributed by atoms with Crippen LogP contribution in [0, 0.1) is 30.5 Å². The highest BCUT2D eigenvalue weighted by Crippen LogP contribution is 2.39. The molecule has 1 saturated heterocycles. The summed E-state index contributed by atoms with van der Waals surface area (Å²) in [5.41, 5.74) is 3.59. The van der Waals surface area contributed by atoms with E-state index in [1.807, 2.05) is 31.3 Å². The number of hydrogen-bond donors (Lipinski definition) is 1. The summed E-state index contributed by atoms with van der Waals surface area (Å²) in [6.45, 7) is 8.79. The van der Waals surface area contributed by atoms with Gasteiger partial charge in [0, 0.05) is 50.5 Å². The molecular formula is C33H38FN3O3S. The van der Waals surface area contributed by atoms with Gasteiger partial charge in [-0.3, -0.25) is 19.7 Å². The third-order valence-electron chi connectivity index (χ3n) is 8.21. The van der Waals surface area contributed by atoms with E-state index in [4.69, 9.17) is 9.72 Å². The van der Waals surface area contributed by atoms with Gasteiger partial charge in [-0.15, -0.1) is 11.3 Å². The van der Waals surface area contributed by atoms with Gasteiger partial charge in [-0.1, -0.05) is 26.0 Å². The zero-order valence-corrected chi connectivity index (χ0v) is 24.8. The molecule has 1 fully saturated rings. The Kier molecular flexibility index (Phi) is 9.42. The van der Waals surface area contributed by atoms with Crippen LogP contribution < -0.4 is 4.74 Å². The van der Waals surface area contributed by atoms with E-state index < -0.39 is 5.82 Å². The van der Waals surface area contributed by atoms with Crippen molar-refractivity contribution in [1.82, 2.24) is 14.9 Å². The first-order valence-electron chi connectivity index (χ1n) is 14.4. The number of hydrogen-bond acceptors (Lipinski definition) is 7. The number of Topliss-reactive ketones (excluding diaryl/α,β-unsaturated/α-hetero) is 1. The van der Waals surface area contributed by atoms with E-state index in [9.17, 15) is 14.3 Å². The predicted molar refractivity (Wildman–Crippen MR) is 162 cm³/mol. The molecule has 4 heterocycles. The third kappa shape index (κ3) is 7.18. The molecule has 1 aliphatic rings. The van der Waals surface area contributed by atoms with Crippen molar-refractivity contribution in [3.05, 3.63) is 71.8 Å². The molecule has 1 N–H and O–H groups in total. The molecule has 41 heavy (non-hydrogen) atoms. The standard InChI is InChI=1S/C33H38FN3O3S/c1-21-6-9-30(26(34)15-21)40-31-10-12-35-28-17-32(41-33(28)31)27-8-7-24(18-36-27)19-37-13-4-5-25(20-37)29(39)16-23(3)22(2)11-14-38/h6-10,12,15,17-18,22-23,25,38H,4-5,11,13-14,16,19-20H2,1-3H3. The Labute approximate surface area is 245 Å². The first kappa shape index (κ1) is 29.3. The summed E-state index contributed by atoms with van der Waals surface area (Å²) in [6.07, 6.45) is 6.89. The van der Waals surface area contributed by atoms with Crippen LogP contribution in [0.1, 0.15) is 50.7 Å². The summed E-state index contributed by atoms with van der Waals surface area (Å²) < 4.78 is 21.2. The van der Waals surface area contributed by atoms with E-state index in [0.717, 1.165) is 70.8 Å². The number of pyridine rings is 2. The summed E-state index contributed by atoms with van der Waals surface area (Å²) in [5, 5.41) is 9.22. The van der Waals surface area contributed by atoms with Gasteiger partial charge in [0.25, 0.3) is 0 Å². The monoisotopic (exact) mass is 575 g/mol. The van der Waals surface area contributed by atoms with Crippen LogP contribution in [0.4, 0.5) is 4.39 Å². The molecule has 0 spiro atoms. The average Bonchev–Trinajstić information content (AvgIpc) is 3.40. The molecule has 0 radical (unpaired) electrons. The van der Waals surface area contributed by atoms with Crippen molar-refractivity contribution < 1.29 is 19.0 Å². The van der Waals surface area contributed by atoms with Gasteiger partial charge in [-0.05, 0) is 80.0 Å². The number of carbonyl (C=O) groups excluding carboxylic acids is 1. The first-order valence-corrected chi connectivity index (χ1v) is 15.3. The summed E-state index contributed by atoms with van der Waals surface area (Å²) in [4.78, 5) is 25.6. The fraction of sp³-hybridized carbons (Fsp3) is 0.424. The lowest BCUT2D eigenvalue weighted by molar-refractivity contribution is -0.125. The number of aromatic nitrogens is 2. The minimum Gasteiger partial charge on any atom is -0.453 e. The zero-order chi connectivity index (χ0) is 28.9. The Balaban J connectivity index is 1.23. The molecule has 4 aromatic rings. The Morgan fingerprint density at radius 1 is 1.15 bits per heavy atom. The van der Waals surface area contributed by atoms with E-state index in [-0.39, 0.29) is 24.2 Å². The highest BCUT2D eigenvalue weighted by atomic mass is 32.1. The average molecular weight is 576 g/mol. The number of carbonyl (C=O) groups is 1. The molecule has 6 nitrogen and oxygen atoms in total. The number of piperidine rings is 1. The Morgan fingerprint density at radius 3 is 2.76 bits per heavy atom. The van der Waals surface area contributed by atoms with Crippen LogP contribution in [0.15, 0.2) is 54.9 Å². The summed E-state index contributed by atoms with van der Waals surface area (Å²) in [7, 11) is 0. The van der Waals surface area contributed by atoms with E-state index in [1.165, 1.54) is 17.4 Å². The fourth-order valence-electron chi connectivity index (χ4n) is 5.49. The van der Waals surface area contributed by atoms with Crippen LogP contribution in [0.5, 0.6) is 11.5 Å². The van der Waals surface area contributed by atoms with Crippen LogP contribution in [0.25, 0.3) is 20.8 Å². The van der Waals surface area contributed by atoms with Gasteiger partial charge in [0.15, 0.2) is 11.6 Å². The number of aliphatic hydroxyl groups is 1. The Hall–Kier alpha value is -3.20. The zero-order valence-electron chi connectivity index (χ0n) is 24.0. The van der Waals surface area contributed by atoms with Crippen molar-refractivity contribution in [2.45, 2.75) is 53.0 Å². The summed E-state index contributed by atoms with van der Waals surface area (Å²) >= 11 is 1.53. The van der Waals surface area contributed by atoms with Crippen molar-refractivity contribution in [2.75, 3.05) is 19.7 Å². The molecule has 3 aromatic heterocycles. The van der Waals surface area contributed by atoms with Gasteiger partial charge in [0.05, 0.1) is 20.8 Å². The van der Waals surface area contributed by atoms with Gasteiger partial charge in [-0.25, -0.2) is 4.39 Å². The van der Waals surface area contributed by atoms with E-state index in [2.05, 4.69) is 29.8 Å². The lowest BCUT2D eigenvalue weighted by Crippen LogP contribution is -2.38. The molecule has 0 amide bonds. The predicted octanol–water partition coefficient (Wildman–Crippen LogP) is 7.42. The number of nitrogens with zero attached hydrogens (tertiary/aromatic N) is 3. The van der Waals surface area contributed by atoms with Crippen LogP contribution in [-0.4, -0.2) is 45.5 Å². The Bertz CT molecular complexity index is 1490. The molecule has 1 aliphatic heterocycles. The van der Waals surface area contributed by atoms with Gasteiger partial charge in [0.2, 0.25) is 0 Å². The molecule has 3 unspecified atom stereocenters. The van der Waals surface area contributed by atoms with Gasteiger partial charge >= 0.3 is 0 Å². The molecule has 0 saturated carbocycles. The quantitative estimate of drug-likeness (QED) is 0.201. The summed E-state index contributed by atoms with van der Waals surface area (Å²) in [5.74, 6) is 1.43. The molecular weight excluding hydrogens is 537 g/mol. The number of thiophene rings is 1. The minimum atomic E-state index is -0.393. The normalized spacial score (nSPS) is 17.4. The molecule has 0 aliphatic carbocycles. The number of ether oxygens (including phenoxy) is 1. The van der Waals surface area contributed by atoms with Gasteiger partial charge in [-0.2, -0.15) is 0 Å². The van der Waals surface area contributed by atoms with Crippen LogP contribution in [0.2, 0.25) is 0 Å². The van der Waals surface area contributed by atoms with E-state index in [0.29, 0.717) is 23.9 Å². The van der Waals surface area contributed by atoms with E-state index >= 15 is 0 Å². The maximum absolute atomic E-state index is 14.4. The smallest absolute Gasteiger partial charge is 0.165 e. The van der Waals surface area contributed by atoms with Crippen molar-refractivity contribution >= 4 is 27.3 Å². The second-order valence-electron chi connectivity index (χ2n) is 11.4. The van der Waals surface area contributed by atoms with Crippen LogP contribution in [0.3, 0.4) is 0 Å². The highest BCUT2D eigenvalue weighted by Gasteiger charge is 2.28. The van der Waals surface area contributed by atoms with Crippen molar-refractivity contribution in [1.29, 1.82) is 0 Å². The topological polar surface area (TPSA) is 75.5 Å². The number of rotatable bonds is 11. The lowest BCUT2D eigenvalue weighted by Gasteiger charge is -2.32. The third-order valence-corrected chi connectivity index (χ3v) is 9.37. The molecule has 8 heteroatoms. The summed E-state index contributed by atoms with van der Waals surface area (Å²) in [6, 6.07) is 12.8. The number of likely N-dealkylation sites (tertiary alicyclic amines) is 1. The Morgan fingerprint density at radius 2 is 2.00 bits per heavy atom. The number of benzene rings is 1. The largest absolute Gasteiger partial charge is 0.453 e.